The Morgan fingerprint density at radius 1 is 1.18 bits per heavy atom. The van der Waals surface area contributed by atoms with Gasteiger partial charge in [-0.2, -0.15) is 0 Å². The summed E-state index contributed by atoms with van der Waals surface area (Å²) in [7, 11) is 0. The van der Waals surface area contributed by atoms with Crippen molar-refractivity contribution in [2.75, 3.05) is 11.9 Å². The Hall–Kier alpha value is -0.980. The van der Waals surface area contributed by atoms with Crippen LogP contribution in [-0.2, 0) is 5.41 Å². The van der Waals surface area contributed by atoms with Crippen LogP contribution in [0.25, 0.3) is 0 Å². The summed E-state index contributed by atoms with van der Waals surface area (Å²) in [4.78, 5) is 0. The van der Waals surface area contributed by atoms with E-state index in [1.54, 1.807) is 5.56 Å². The predicted octanol–water partition coefficient (Wildman–Crippen LogP) is 4.34. The standard InChI is InChI=1S/C16H23N/c1-16(11-13-7-3-2-4-8-13)12-17-15-10-6-5-9-14(15)16/h5-6,9-10,13,17H,2-4,7-8,11-12H2,1H3. The van der Waals surface area contributed by atoms with Crippen molar-refractivity contribution in [1.29, 1.82) is 0 Å². The number of anilines is 1. The molecule has 1 heteroatoms. The van der Waals surface area contributed by atoms with Gasteiger partial charge in [-0.05, 0) is 24.0 Å². The minimum atomic E-state index is 0.374. The van der Waals surface area contributed by atoms with E-state index < -0.39 is 0 Å². The second kappa shape index (κ2) is 4.36. The Balaban J connectivity index is 1.78. The second-order valence-corrected chi connectivity index (χ2v) is 6.17. The highest BCUT2D eigenvalue weighted by atomic mass is 14.9. The summed E-state index contributed by atoms with van der Waals surface area (Å²) in [6.07, 6.45) is 8.65. The van der Waals surface area contributed by atoms with Crippen LogP contribution in [0.1, 0.15) is 51.0 Å². The van der Waals surface area contributed by atoms with Gasteiger partial charge in [-0.15, -0.1) is 0 Å². The number of para-hydroxylation sites is 1. The van der Waals surface area contributed by atoms with Crippen LogP contribution in [0.5, 0.6) is 0 Å². The highest BCUT2D eigenvalue weighted by molar-refractivity contribution is 5.59. The fraction of sp³-hybridized carbons (Fsp3) is 0.625. The first-order valence-corrected chi connectivity index (χ1v) is 7.11. The number of hydrogen-bond acceptors (Lipinski definition) is 1. The molecule has 1 aromatic rings. The summed E-state index contributed by atoms with van der Waals surface area (Å²) >= 11 is 0. The number of nitrogens with one attached hydrogen (secondary N) is 1. The van der Waals surface area contributed by atoms with Crippen LogP contribution in [0, 0.1) is 5.92 Å². The molecule has 1 aliphatic carbocycles. The van der Waals surface area contributed by atoms with Gasteiger partial charge in [0.15, 0.2) is 0 Å². The van der Waals surface area contributed by atoms with Gasteiger partial charge in [0.1, 0.15) is 0 Å². The molecule has 3 rings (SSSR count). The van der Waals surface area contributed by atoms with E-state index >= 15 is 0 Å². The third-order valence-electron chi connectivity index (χ3n) is 4.71. The first-order valence-electron chi connectivity index (χ1n) is 7.11. The van der Waals surface area contributed by atoms with Crippen molar-refractivity contribution in [3.05, 3.63) is 29.8 Å². The van der Waals surface area contributed by atoms with Crippen molar-refractivity contribution in [3.8, 4) is 0 Å². The minimum absolute atomic E-state index is 0.374. The van der Waals surface area contributed by atoms with Crippen LogP contribution < -0.4 is 5.32 Å². The normalized spacial score (nSPS) is 28.8. The first kappa shape index (κ1) is 11.1. The number of benzene rings is 1. The van der Waals surface area contributed by atoms with Crippen LogP contribution in [0.2, 0.25) is 0 Å². The van der Waals surface area contributed by atoms with E-state index in [4.69, 9.17) is 0 Å². The summed E-state index contributed by atoms with van der Waals surface area (Å²) in [5.74, 6) is 0.960. The number of fused-ring (bicyclic) bond motifs is 1. The van der Waals surface area contributed by atoms with Gasteiger partial charge in [0, 0.05) is 17.6 Å². The molecule has 1 unspecified atom stereocenters. The Labute approximate surface area is 105 Å². The average Bonchev–Trinajstić information content (AvgIpc) is 2.69. The molecule has 0 spiro atoms. The van der Waals surface area contributed by atoms with Crippen LogP contribution in [0.3, 0.4) is 0 Å². The fourth-order valence-electron chi connectivity index (χ4n) is 3.76. The predicted molar refractivity (Wildman–Crippen MR) is 73.5 cm³/mol. The minimum Gasteiger partial charge on any atom is -0.384 e. The summed E-state index contributed by atoms with van der Waals surface area (Å²) < 4.78 is 0. The van der Waals surface area contributed by atoms with Gasteiger partial charge in [0.2, 0.25) is 0 Å². The zero-order valence-corrected chi connectivity index (χ0v) is 10.8. The highest BCUT2D eigenvalue weighted by Gasteiger charge is 2.36. The molecule has 0 saturated heterocycles. The Morgan fingerprint density at radius 3 is 2.76 bits per heavy atom. The molecule has 0 radical (unpaired) electrons. The van der Waals surface area contributed by atoms with Gasteiger partial charge >= 0.3 is 0 Å². The molecule has 1 saturated carbocycles. The summed E-state index contributed by atoms with van der Waals surface area (Å²) in [5.41, 5.74) is 3.29. The van der Waals surface area contributed by atoms with Gasteiger partial charge < -0.3 is 5.32 Å². The quantitative estimate of drug-likeness (QED) is 0.795. The van der Waals surface area contributed by atoms with Crippen LogP contribution in [0.4, 0.5) is 5.69 Å². The lowest BCUT2D eigenvalue weighted by atomic mass is 9.73. The van der Waals surface area contributed by atoms with Crippen molar-refractivity contribution < 1.29 is 0 Å². The molecule has 1 heterocycles. The molecule has 1 aliphatic heterocycles. The van der Waals surface area contributed by atoms with E-state index in [2.05, 4.69) is 36.5 Å². The number of hydrogen-bond donors (Lipinski definition) is 1. The topological polar surface area (TPSA) is 12.0 Å². The smallest absolute Gasteiger partial charge is 0.0379 e. The summed E-state index contributed by atoms with van der Waals surface area (Å²) in [6, 6.07) is 8.86. The first-order chi connectivity index (χ1) is 8.28. The van der Waals surface area contributed by atoms with Crippen molar-refractivity contribution in [3.63, 3.8) is 0 Å². The highest BCUT2D eigenvalue weighted by Crippen LogP contribution is 2.43. The van der Waals surface area contributed by atoms with Gasteiger partial charge in [-0.1, -0.05) is 57.2 Å². The zero-order chi connectivity index (χ0) is 11.7. The molecule has 92 valence electrons. The van der Waals surface area contributed by atoms with Crippen molar-refractivity contribution in [2.24, 2.45) is 5.92 Å². The third kappa shape index (κ3) is 2.08. The molecule has 0 bridgehead atoms. The maximum absolute atomic E-state index is 3.58. The van der Waals surface area contributed by atoms with Crippen molar-refractivity contribution >= 4 is 5.69 Å². The molecule has 2 aliphatic rings. The third-order valence-corrected chi connectivity index (χ3v) is 4.71. The number of rotatable bonds is 2. The van der Waals surface area contributed by atoms with Gasteiger partial charge in [0.05, 0.1) is 0 Å². The zero-order valence-electron chi connectivity index (χ0n) is 10.8. The fourth-order valence-corrected chi connectivity index (χ4v) is 3.76. The lowest BCUT2D eigenvalue weighted by Gasteiger charge is -2.31. The molecule has 17 heavy (non-hydrogen) atoms. The molecule has 1 atom stereocenters. The van der Waals surface area contributed by atoms with Gasteiger partial charge in [-0.25, -0.2) is 0 Å². The SMILES string of the molecule is CC1(CC2CCCCC2)CNc2ccccc21. The lowest BCUT2D eigenvalue weighted by Crippen LogP contribution is -2.28. The van der Waals surface area contributed by atoms with E-state index in [1.807, 2.05) is 0 Å². The monoisotopic (exact) mass is 229 g/mol. The second-order valence-electron chi connectivity index (χ2n) is 6.17. The van der Waals surface area contributed by atoms with E-state index in [9.17, 15) is 0 Å². The van der Waals surface area contributed by atoms with E-state index in [-0.39, 0.29) is 0 Å². The van der Waals surface area contributed by atoms with Gasteiger partial charge in [0.25, 0.3) is 0 Å². The Bertz CT molecular complexity index is 392. The summed E-state index contributed by atoms with van der Waals surface area (Å²) in [6.45, 7) is 3.57. The lowest BCUT2D eigenvalue weighted by molar-refractivity contribution is 0.280. The molecule has 0 amide bonds. The average molecular weight is 229 g/mol. The van der Waals surface area contributed by atoms with Crippen LogP contribution in [0.15, 0.2) is 24.3 Å². The molecule has 1 fully saturated rings. The largest absolute Gasteiger partial charge is 0.384 e. The molecule has 1 aromatic carbocycles. The molecule has 1 N–H and O–H groups in total. The molecular weight excluding hydrogens is 206 g/mol. The maximum Gasteiger partial charge on any atom is 0.0379 e. The van der Waals surface area contributed by atoms with Crippen LogP contribution >= 0.6 is 0 Å². The Kier molecular flexibility index (Phi) is 2.85. The molecule has 0 aromatic heterocycles. The van der Waals surface area contributed by atoms with Crippen LogP contribution in [-0.4, -0.2) is 6.54 Å². The van der Waals surface area contributed by atoms with E-state index in [0.717, 1.165) is 12.5 Å². The van der Waals surface area contributed by atoms with Crippen molar-refractivity contribution in [2.45, 2.75) is 50.9 Å². The Morgan fingerprint density at radius 2 is 1.94 bits per heavy atom. The van der Waals surface area contributed by atoms with E-state index in [0.29, 0.717) is 5.41 Å². The van der Waals surface area contributed by atoms with E-state index in [1.165, 1.54) is 44.2 Å². The molecular formula is C16H23N. The van der Waals surface area contributed by atoms with Crippen molar-refractivity contribution in [1.82, 2.24) is 0 Å². The molecule has 1 nitrogen and oxygen atoms in total. The maximum atomic E-state index is 3.58. The van der Waals surface area contributed by atoms with Gasteiger partial charge in [-0.3, -0.25) is 0 Å². The summed E-state index contributed by atoms with van der Waals surface area (Å²) in [5, 5.41) is 3.58.